The standard InChI is InChI=1S/C9H18O4/c1-2-12-7-4-8-13-6-3-5-9(10)11/h2-8H2,1H3,(H,10,11). The van der Waals surface area contributed by atoms with E-state index in [2.05, 4.69) is 0 Å². The molecule has 1 N–H and O–H groups in total. The van der Waals surface area contributed by atoms with Crippen molar-refractivity contribution in [3.05, 3.63) is 0 Å². The summed E-state index contributed by atoms with van der Waals surface area (Å²) in [5.41, 5.74) is 0. The fourth-order valence-electron chi connectivity index (χ4n) is 0.835. The fraction of sp³-hybridized carbons (Fsp3) is 0.889. The minimum absolute atomic E-state index is 0.186. The molecule has 0 fully saturated rings. The van der Waals surface area contributed by atoms with E-state index < -0.39 is 5.97 Å². The molecule has 0 radical (unpaired) electrons. The van der Waals surface area contributed by atoms with Crippen LogP contribution in [0.1, 0.15) is 26.2 Å². The van der Waals surface area contributed by atoms with Crippen molar-refractivity contribution in [3.8, 4) is 0 Å². The van der Waals surface area contributed by atoms with Gasteiger partial charge in [0.1, 0.15) is 0 Å². The first kappa shape index (κ1) is 12.4. The summed E-state index contributed by atoms with van der Waals surface area (Å²) < 4.78 is 10.3. The van der Waals surface area contributed by atoms with Crippen LogP contribution < -0.4 is 0 Å². The molecule has 0 aliphatic carbocycles. The van der Waals surface area contributed by atoms with E-state index in [0.29, 0.717) is 19.6 Å². The maximum Gasteiger partial charge on any atom is 0.303 e. The third kappa shape index (κ3) is 11.4. The highest BCUT2D eigenvalue weighted by Crippen LogP contribution is 1.91. The number of rotatable bonds is 9. The molecule has 13 heavy (non-hydrogen) atoms. The van der Waals surface area contributed by atoms with Gasteiger partial charge in [-0.05, 0) is 19.8 Å². The van der Waals surface area contributed by atoms with Crippen LogP contribution in [0.25, 0.3) is 0 Å². The van der Waals surface area contributed by atoms with Gasteiger partial charge in [0.05, 0.1) is 0 Å². The van der Waals surface area contributed by atoms with Gasteiger partial charge in [-0.1, -0.05) is 0 Å². The minimum atomic E-state index is -0.766. The van der Waals surface area contributed by atoms with Crippen LogP contribution in [0.5, 0.6) is 0 Å². The molecule has 0 aliphatic heterocycles. The largest absolute Gasteiger partial charge is 0.481 e. The number of carboxylic acids is 1. The summed E-state index contributed by atoms with van der Waals surface area (Å²) in [6.45, 7) is 4.58. The first-order valence-electron chi connectivity index (χ1n) is 4.64. The molecule has 0 rings (SSSR count). The number of carbonyl (C=O) groups is 1. The Kier molecular flexibility index (Phi) is 9.03. The van der Waals surface area contributed by atoms with Crippen LogP contribution in [0.2, 0.25) is 0 Å². The molecule has 0 unspecified atom stereocenters. The van der Waals surface area contributed by atoms with Gasteiger partial charge in [-0.3, -0.25) is 4.79 Å². The first-order valence-corrected chi connectivity index (χ1v) is 4.64. The molecule has 0 aliphatic rings. The Balaban J connectivity index is 2.87. The smallest absolute Gasteiger partial charge is 0.303 e. The van der Waals surface area contributed by atoms with Crippen LogP contribution in [-0.2, 0) is 14.3 Å². The monoisotopic (exact) mass is 190 g/mol. The van der Waals surface area contributed by atoms with Crippen molar-refractivity contribution in [3.63, 3.8) is 0 Å². The molecule has 0 heterocycles. The topological polar surface area (TPSA) is 55.8 Å². The summed E-state index contributed by atoms with van der Waals surface area (Å²) in [5.74, 6) is -0.766. The second-order valence-corrected chi connectivity index (χ2v) is 2.66. The maximum absolute atomic E-state index is 10.1. The third-order valence-electron chi connectivity index (χ3n) is 1.46. The van der Waals surface area contributed by atoms with Crippen LogP contribution in [0.3, 0.4) is 0 Å². The zero-order valence-electron chi connectivity index (χ0n) is 8.12. The van der Waals surface area contributed by atoms with Crippen LogP contribution in [0.4, 0.5) is 0 Å². The highest BCUT2D eigenvalue weighted by molar-refractivity contribution is 5.66. The summed E-state index contributed by atoms with van der Waals surface area (Å²) >= 11 is 0. The molecule has 0 bridgehead atoms. The van der Waals surface area contributed by atoms with E-state index in [0.717, 1.165) is 19.6 Å². The normalized spacial score (nSPS) is 10.2. The molecule has 0 aromatic rings. The molecule has 0 aromatic carbocycles. The average Bonchev–Trinajstić information content (AvgIpc) is 2.09. The Morgan fingerprint density at radius 3 is 2.38 bits per heavy atom. The molecule has 0 spiro atoms. The summed E-state index contributed by atoms with van der Waals surface area (Å²) in [7, 11) is 0. The van der Waals surface area contributed by atoms with E-state index in [4.69, 9.17) is 14.6 Å². The lowest BCUT2D eigenvalue weighted by atomic mass is 10.3. The number of hydrogen-bond donors (Lipinski definition) is 1. The average molecular weight is 190 g/mol. The second kappa shape index (κ2) is 9.48. The Morgan fingerprint density at radius 1 is 1.15 bits per heavy atom. The number of hydrogen-bond acceptors (Lipinski definition) is 3. The summed E-state index contributed by atoms with van der Waals surface area (Å²) in [6.07, 6.45) is 1.65. The first-order chi connectivity index (χ1) is 6.27. The highest BCUT2D eigenvalue weighted by atomic mass is 16.5. The predicted octanol–water partition coefficient (Wildman–Crippen LogP) is 1.29. The molecule has 0 saturated heterocycles. The Hall–Kier alpha value is -0.610. The van der Waals surface area contributed by atoms with E-state index in [-0.39, 0.29) is 6.42 Å². The molecule has 0 aromatic heterocycles. The van der Waals surface area contributed by atoms with Gasteiger partial charge >= 0.3 is 5.97 Å². The van der Waals surface area contributed by atoms with Crippen molar-refractivity contribution in [1.82, 2.24) is 0 Å². The van der Waals surface area contributed by atoms with Crippen LogP contribution in [0, 0.1) is 0 Å². The second-order valence-electron chi connectivity index (χ2n) is 2.66. The zero-order chi connectivity index (χ0) is 9.94. The molecular weight excluding hydrogens is 172 g/mol. The van der Waals surface area contributed by atoms with Crippen molar-refractivity contribution in [2.75, 3.05) is 26.4 Å². The van der Waals surface area contributed by atoms with E-state index in [9.17, 15) is 4.79 Å². The lowest BCUT2D eigenvalue weighted by Crippen LogP contribution is -2.03. The van der Waals surface area contributed by atoms with Gasteiger partial charge in [0.15, 0.2) is 0 Å². The van der Waals surface area contributed by atoms with Crippen molar-refractivity contribution in [2.24, 2.45) is 0 Å². The van der Waals surface area contributed by atoms with Gasteiger partial charge in [0, 0.05) is 32.8 Å². The Labute approximate surface area is 78.8 Å². The number of carboxylic acid groups (broad SMARTS) is 1. The number of ether oxygens (including phenoxy) is 2. The minimum Gasteiger partial charge on any atom is -0.481 e. The molecule has 0 atom stereocenters. The van der Waals surface area contributed by atoms with E-state index >= 15 is 0 Å². The quantitative estimate of drug-likeness (QED) is 0.557. The summed E-state index contributed by atoms with van der Waals surface area (Å²) in [4.78, 5) is 10.1. The lowest BCUT2D eigenvalue weighted by Gasteiger charge is -2.02. The van der Waals surface area contributed by atoms with Gasteiger partial charge in [0.2, 0.25) is 0 Å². The SMILES string of the molecule is CCOCCCOCCCC(=O)O. The molecule has 4 nitrogen and oxygen atoms in total. The third-order valence-corrected chi connectivity index (χ3v) is 1.46. The molecule has 78 valence electrons. The van der Waals surface area contributed by atoms with Gasteiger partial charge in [-0.2, -0.15) is 0 Å². The van der Waals surface area contributed by atoms with E-state index in [1.54, 1.807) is 0 Å². The molecular formula is C9H18O4. The molecule has 4 heteroatoms. The van der Waals surface area contributed by atoms with Gasteiger partial charge in [-0.15, -0.1) is 0 Å². The zero-order valence-corrected chi connectivity index (χ0v) is 8.12. The van der Waals surface area contributed by atoms with E-state index in [1.807, 2.05) is 6.92 Å². The Bertz CT molecular complexity index is 125. The summed E-state index contributed by atoms with van der Waals surface area (Å²) in [5, 5.41) is 8.31. The lowest BCUT2D eigenvalue weighted by molar-refractivity contribution is -0.137. The van der Waals surface area contributed by atoms with Crippen LogP contribution in [-0.4, -0.2) is 37.5 Å². The van der Waals surface area contributed by atoms with E-state index in [1.165, 1.54) is 0 Å². The number of aliphatic carboxylic acids is 1. The van der Waals surface area contributed by atoms with Crippen molar-refractivity contribution >= 4 is 5.97 Å². The van der Waals surface area contributed by atoms with Crippen molar-refractivity contribution in [2.45, 2.75) is 26.2 Å². The van der Waals surface area contributed by atoms with Gasteiger partial charge < -0.3 is 14.6 Å². The molecule has 0 saturated carbocycles. The fourth-order valence-corrected chi connectivity index (χ4v) is 0.835. The van der Waals surface area contributed by atoms with Crippen molar-refractivity contribution in [1.29, 1.82) is 0 Å². The van der Waals surface area contributed by atoms with Crippen LogP contribution in [0.15, 0.2) is 0 Å². The van der Waals surface area contributed by atoms with Gasteiger partial charge in [-0.25, -0.2) is 0 Å². The maximum atomic E-state index is 10.1. The predicted molar refractivity (Wildman–Crippen MR) is 48.8 cm³/mol. The highest BCUT2D eigenvalue weighted by Gasteiger charge is 1.95. The Morgan fingerprint density at radius 2 is 1.77 bits per heavy atom. The van der Waals surface area contributed by atoms with Gasteiger partial charge in [0.25, 0.3) is 0 Å². The summed E-state index contributed by atoms with van der Waals surface area (Å²) in [6, 6.07) is 0. The molecule has 0 amide bonds. The van der Waals surface area contributed by atoms with Crippen LogP contribution >= 0.6 is 0 Å². The van der Waals surface area contributed by atoms with Crippen molar-refractivity contribution < 1.29 is 19.4 Å².